The molecule has 2 unspecified atom stereocenters. The largest absolute Gasteiger partial charge is 0.477 e. The predicted octanol–water partition coefficient (Wildman–Crippen LogP) is 2.31. The quantitative estimate of drug-likeness (QED) is 0.897. The summed E-state index contributed by atoms with van der Waals surface area (Å²) in [6, 6.07) is 4.60. The van der Waals surface area contributed by atoms with Gasteiger partial charge < -0.3 is 19.5 Å². The third-order valence-electron chi connectivity index (χ3n) is 6.41. The van der Waals surface area contributed by atoms with Crippen molar-refractivity contribution < 1.29 is 14.3 Å². The lowest BCUT2D eigenvalue weighted by molar-refractivity contribution is 0.0684. The second kappa shape index (κ2) is 5.79. The van der Waals surface area contributed by atoms with Crippen LogP contribution in [-0.4, -0.2) is 53.3 Å². The third kappa shape index (κ3) is 2.56. The van der Waals surface area contributed by atoms with Crippen LogP contribution in [0.15, 0.2) is 23.0 Å². The number of hydrogen-bond acceptors (Lipinski definition) is 4. The molecule has 1 saturated carbocycles. The maximum absolute atomic E-state index is 14.9. The van der Waals surface area contributed by atoms with E-state index < -0.39 is 17.2 Å². The van der Waals surface area contributed by atoms with Crippen molar-refractivity contribution in [3.8, 4) is 0 Å². The molecule has 3 heterocycles. The van der Waals surface area contributed by atoms with Crippen molar-refractivity contribution in [1.29, 1.82) is 0 Å². The fourth-order valence-electron chi connectivity index (χ4n) is 4.85. The first-order chi connectivity index (χ1) is 12.9. The second-order valence-electron chi connectivity index (χ2n) is 8.12. The fraction of sp³-hybridized carbons (Fsp3) is 0.500. The summed E-state index contributed by atoms with van der Waals surface area (Å²) in [4.78, 5) is 28.5. The summed E-state index contributed by atoms with van der Waals surface area (Å²) in [7, 11) is 2.11. The summed E-state index contributed by atoms with van der Waals surface area (Å²) in [6.45, 7) is 2.63. The molecule has 7 heteroatoms. The van der Waals surface area contributed by atoms with Gasteiger partial charge in [-0.1, -0.05) is 0 Å². The average Bonchev–Trinajstić information content (AvgIpc) is 3.28. The van der Waals surface area contributed by atoms with E-state index in [-0.39, 0.29) is 17.1 Å². The van der Waals surface area contributed by atoms with Crippen molar-refractivity contribution in [2.24, 2.45) is 5.92 Å². The SMILES string of the molecule is CN1CCC2CN(c3cc4c(cc3F)c(=O)cc(C(=O)O)n4C3CC3)CC21. The monoisotopic (exact) mass is 371 g/mol. The Balaban J connectivity index is 1.66. The zero-order valence-corrected chi connectivity index (χ0v) is 15.2. The molecule has 3 fully saturated rings. The summed E-state index contributed by atoms with van der Waals surface area (Å²) in [5, 5.41) is 9.80. The van der Waals surface area contributed by atoms with Gasteiger partial charge >= 0.3 is 5.97 Å². The molecule has 6 nitrogen and oxygen atoms in total. The van der Waals surface area contributed by atoms with Gasteiger partial charge in [-0.25, -0.2) is 9.18 Å². The number of anilines is 1. The van der Waals surface area contributed by atoms with E-state index in [4.69, 9.17) is 0 Å². The average molecular weight is 371 g/mol. The van der Waals surface area contributed by atoms with Gasteiger partial charge in [-0.2, -0.15) is 0 Å². The van der Waals surface area contributed by atoms with E-state index in [1.54, 1.807) is 10.6 Å². The van der Waals surface area contributed by atoms with Gasteiger partial charge in [0.2, 0.25) is 0 Å². The zero-order valence-electron chi connectivity index (χ0n) is 15.2. The highest BCUT2D eigenvalue weighted by Crippen LogP contribution is 2.40. The number of benzene rings is 1. The first-order valence-corrected chi connectivity index (χ1v) is 9.51. The summed E-state index contributed by atoms with van der Waals surface area (Å²) in [5.41, 5.74) is 0.555. The van der Waals surface area contributed by atoms with Crippen LogP contribution in [0.5, 0.6) is 0 Å². The van der Waals surface area contributed by atoms with Crippen LogP contribution >= 0.6 is 0 Å². The molecule has 2 saturated heterocycles. The van der Waals surface area contributed by atoms with Gasteiger partial charge in [0.15, 0.2) is 5.43 Å². The highest BCUT2D eigenvalue weighted by molar-refractivity contribution is 5.92. The molecule has 1 aromatic carbocycles. The number of likely N-dealkylation sites (N-methyl/N-ethyl adjacent to an activating group) is 1. The number of likely N-dealkylation sites (tertiary alicyclic amines) is 1. The second-order valence-corrected chi connectivity index (χ2v) is 8.12. The van der Waals surface area contributed by atoms with Crippen molar-refractivity contribution in [3.05, 3.63) is 39.9 Å². The molecule has 2 aromatic rings. The van der Waals surface area contributed by atoms with E-state index >= 15 is 0 Å². The molecule has 0 radical (unpaired) electrons. The summed E-state index contributed by atoms with van der Waals surface area (Å²) in [6.07, 6.45) is 2.87. The Labute approximate surface area is 155 Å². The van der Waals surface area contributed by atoms with Crippen molar-refractivity contribution in [2.75, 3.05) is 31.6 Å². The van der Waals surface area contributed by atoms with Crippen LogP contribution in [0.2, 0.25) is 0 Å². The minimum atomic E-state index is -1.12. The molecule has 5 rings (SSSR count). The van der Waals surface area contributed by atoms with E-state index in [9.17, 15) is 19.1 Å². The van der Waals surface area contributed by atoms with Crippen molar-refractivity contribution >= 4 is 22.6 Å². The van der Waals surface area contributed by atoms with E-state index in [1.165, 1.54) is 6.07 Å². The fourth-order valence-corrected chi connectivity index (χ4v) is 4.85. The van der Waals surface area contributed by atoms with Crippen molar-refractivity contribution in [2.45, 2.75) is 31.3 Å². The predicted molar refractivity (Wildman–Crippen MR) is 100 cm³/mol. The Morgan fingerprint density at radius 3 is 2.63 bits per heavy atom. The Morgan fingerprint density at radius 2 is 1.96 bits per heavy atom. The Bertz CT molecular complexity index is 1010. The van der Waals surface area contributed by atoms with E-state index in [0.29, 0.717) is 23.2 Å². The number of aromatic carboxylic acids is 1. The van der Waals surface area contributed by atoms with Gasteiger partial charge in [-0.05, 0) is 50.9 Å². The van der Waals surface area contributed by atoms with Crippen LogP contribution in [0.4, 0.5) is 10.1 Å². The van der Waals surface area contributed by atoms with Crippen LogP contribution in [-0.2, 0) is 0 Å². The number of hydrogen-bond donors (Lipinski definition) is 1. The molecule has 1 N–H and O–H groups in total. The van der Waals surface area contributed by atoms with Crippen LogP contribution in [0, 0.1) is 11.7 Å². The van der Waals surface area contributed by atoms with Gasteiger partial charge in [0, 0.05) is 36.6 Å². The van der Waals surface area contributed by atoms with Crippen LogP contribution in [0.25, 0.3) is 10.9 Å². The van der Waals surface area contributed by atoms with E-state index in [0.717, 1.165) is 45.0 Å². The summed E-state index contributed by atoms with van der Waals surface area (Å²) < 4.78 is 16.6. The first kappa shape index (κ1) is 16.7. The number of aromatic nitrogens is 1. The molecule has 1 aromatic heterocycles. The number of pyridine rings is 1. The van der Waals surface area contributed by atoms with Crippen LogP contribution in [0.3, 0.4) is 0 Å². The summed E-state index contributed by atoms with van der Waals surface area (Å²) in [5.74, 6) is -1.00. The molecule has 1 aliphatic carbocycles. The minimum absolute atomic E-state index is 0.00872. The number of halogens is 1. The molecule has 3 aliphatic rings. The van der Waals surface area contributed by atoms with E-state index in [1.807, 2.05) is 0 Å². The normalized spacial score (nSPS) is 25.3. The van der Waals surface area contributed by atoms with Crippen LogP contribution in [0.1, 0.15) is 35.8 Å². The lowest BCUT2D eigenvalue weighted by Gasteiger charge is -2.24. The maximum Gasteiger partial charge on any atom is 0.352 e. The van der Waals surface area contributed by atoms with Gasteiger partial charge in [-0.15, -0.1) is 0 Å². The van der Waals surface area contributed by atoms with Gasteiger partial charge in [0.05, 0.1) is 11.2 Å². The number of carboxylic acids is 1. The lowest BCUT2D eigenvalue weighted by Crippen LogP contribution is -2.32. The molecule has 142 valence electrons. The lowest BCUT2D eigenvalue weighted by atomic mass is 10.1. The molecular formula is C20H22FN3O3. The smallest absolute Gasteiger partial charge is 0.352 e. The number of carbonyl (C=O) groups is 1. The molecular weight excluding hydrogens is 349 g/mol. The molecule has 0 bridgehead atoms. The Kier molecular flexibility index (Phi) is 3.59. The Morgan fingerprint density at radius 1 is 1.19 bits per heavy atom. The number of rotatable bonds is 3. The first-order valence-electron chi connectivity index (χ1n) is 9.51. The molecule has 27 heavy (non-hydrogen) atoms. The molecule has 2 aliphatic heterocycles. The number of carboxylic acid groups (broad SMARTS) is 1. The molecule has 0 amide bonds. The highest BCUT2D eigenvalue weighted by Gasteiger charge is 2.40. The third-order valence-corrected chi connectivity index (χ3v) is 6.41. The van der Waals surface area contributed by atoms with Gasteiger partial charge in [0.25, 0.3) is 0 Å². The van der Waals surface area contributed by atoms with Crippen molar-refractivity contribution in [1.82, 2.24) is 9.47 Å². The standard InChI is InChI=1S/C20H22FN3O3/c1-22-5-4-11-9-23(10-18(11)22)16-7-15-13(6-14(16)21)19(25)8-17(20(26)27)24(15)12-2-3-12/h6-8,11-12,18H,2-5,9-10H2,1H3,(H,26,27). The maximum atomic E-state index is 14.9. The Hall–Kier alpha value is -2.41. The summed E-state index contributed by atoms with van der Waals surface area (Å²) >= 11 is 0. The number of nitrogens with zero attached hydrogens (tertiary/aromatic N) is 3. The zero-order chi connectivity index (χ0) is 18.9. The topological polar surface area (TPSA) is 65.8 Å². The highest BCUT2D eigenvalue weighted by atomic mass is 19.1. The van der Waals surface area contributed by atoms with Crippen molar-refractivity contribution in [3.63, 3.8) is 0 Å². The molecule has 2 atom stereocenters. The molecule has 0 spiro atoms. The van der Waals surface area contributed by atoms with Gasteiger partial charge in [0.1, 0.15) is 11.5 Å². The minimum Gasteiger partial charge on any atom is -0.477 e. The van der Waals surface area contributed by atoms with E-state index in [2.05, 4.69) is 16.8 Å². The van der Waals surface area contributed by atoms with Crippen LogP contribution < -0.4 is 10.3 Å². The number of fused-ring (bicyclic) bond motifs is 2. The van der Waals surface area contributed by atoms with Gasteiger partial charge in [-0.3, -0.25) is 4.79 Å².